The molecule has 5 nitrogen and oxygen atoms in total. The van der Waals surface area contributed by atoms with E-state index in [0.717, 1.165) is 74.1 Å². The Labute approximate surface area is 473 Å². The fraction of sp³-hybridized carbons (Fsp3) is 0.500. The van der Waals surface area contributed by atoms with E-state index in [2.05, 4.69) is 107 Å². The van der Waals surface area contributed by atoms with Gasteiger partial charge in [0.25, 0.3) is 0 Å². The first kappa shape index (κ1) is 58.1. The topological polar surface area (TPSA) is 100 Å². The highest BCUT2D eigenvalue weighted by Crippen LogP contribution is 2.52. The first-order valence-electron chi connectivity index (χ1n) is 28.4. The first-order chi connectivity index (χ1) is 36.7. The van der Waals surface area contributed by atoms with Gasteiger partial charge in [-0.1, -0.05) is 138 Å². The van der Waals surface area contributed by atoms with Crippen LogP contribution in [0.5, 0.6) is 0 Å². The van der Waals surface area contributed by atoms with E-state index in [9.17, 15) is 21.0 Å². The summed E-state index contributed by atoms with van der Waals surface area (Å²) in [6, 6.07) is 23.3. The lowest BCUT2D eigenvalue weighted by Gasteiger charge is -2.16. The number of fused-ring (bicyclic) bond motifs is 3. The van der Waals surface area contributed by atoms with Gasteiger partial charge in [0.1, 0.15) is 35.4 Å². The van der Waals surface area contributed by atoms with Crippen molar-refractivity contribution in [2.75, 3.05) is 0 Å². The number of nitrogens with zero attached hydrogens (tertiary/aromatic N) is 5. The molecule has 0 fully saturated rings. The normalized spacial score (nSPS) is 11.8. The van der Waals surface area contributed by atoms with Crippen molar-refractivity contribution in [3.63, 3.8) is 0 Å². The summed E-state index contributed by atoms with van der Waals surface area (Å²) in [6.07, 6.45) is 31.6. The zero-order chi connectivity index (χ0) is 53.1. The minimum Gasteiger partial charge on any atom is -0.339 e. The van der Waals surface area contributed by atoms with Crippen LogP contribution < -0.4 is 0 Å². The van der Waals surface area contributed by atoms with Crippen LogP contribution in [0.25, 0.3) is 71.6 Å². The molecule has 1 atom stereocenters. The second-order valence-corrected chi connectivity index (χ2v) is 26.8. The third-order valence-electron chi connectivity index (χ3n) is 14.7. The highest BCUT2D eigenvalue weighted by molar-refractivity contribution is 7.33. The van der Waals surface area contributed by atoms with Crippen molar-refractivity contribution in [2.45, 2.75) is 202 Å². The van der Waals surface area contributed by atoms with Gasteiger partial charge in [0.15, 0.2) is 0 Å². The number of thiophene rings is 6. The van der Waals surface area contributed by atoms with Crippen molar-refractivity contribution >= 4 is 101 Å². The van der Waals surface area contributed by atoms with Crippen LogP contribution in [-0.4, -0.2) is 4.57 Å². The molecular formula is C64H77N5S6. The number of aromatic nitrogens is 1. The molecule has 75 heavy (non-hydrogen) atoms. The maximum absolute atomic E-state index is 9.78. The monoisotopic (exact) mass is 1110 g/mol. The Bertz CT molecular complexity index is 2960. The Morgan fingerprint density at radius 3 is 1.15 bits per heavy atom. The van der Waals surface area contributed by atoms with Gasteiger partial charge in [0, 0.05) is 55.3 Å². The number of hydrogen-bond acceptors (Lipinski definition) is 10. The summed E-state index contributed by atoms with van der Waals surface area (Å²) in [4.78, 5) is 12.7. The summed E-state index contributed by atoms with van der Waals surface area (Å²) < 4.78 is 5.47. The smallest absolute Gasteiger partial charge is 0.131 e. The largest absolute Gasteiger partial charge is 0.339 e. The minimum absolute atomic E-state index is 0.168. The van der Waals surface area contributed by atoms with E-state index in [4.69, 9.17) is 0 Å². The van der Waals surface area contributed by atoms with Gasteiger partial charge in [-0.2, -0.15) is 21.0 Å². The van der Waals surface area contributed by atoms with Crippen LogP contribution in [0.2, 0.25) is 0 Å². The van der Waals surface area contributed by atoms with E-state index in [-0.39, 0.29) is 11.1 Å². The molecule has 0 aliphatic heterocycles. The van der Waals surface area contributed by atoms with Crippen LogP contribution in [0.1, 0.15) is 202 Å². The standard InChI is InChI=1S/C64H77N5S6/c1-7-13-18-22-27-47-33-59(70-53(47)31-45(39-65)40-66)61-49(29-24-20-15-9-3)35-55(72-61)57-37-51-63(74-57)64-52(69(51)43-44(12-6)26-17-11-5)38-58(75-64)56-36-50(30-25-21-16-10-4)62(73-56)60-34-48(28-23-19-14-8-2)54(71-60)32-46(41-67)42-68/h31-38,44H,7-30,43H2,1-6H3. The molecule has 394 valence electrons. The predicted octanol–water partition coefficient (Wildman–Crippen LogP) is 22.4. The van der Waals surface area contributed by atoms with E-state index < -0.39 is 0 Å². The SMILES string of the molecule is CCCCCCc1cc(-c2sc(-c3cc4c(s3)c3sc(-c5cc(CCCCCC)c(-c6cc(CCCCCC)c(C=C(C#N)C#N)s6)s5)cc3n4CC(CC)CCCC)cc2CCCCCC)sc1C=C(C#N)C#N. The fourth-order valence-electron chi connectivity index (χ4n) is 10.3. The van der Waals surface area contributed by atoms with Crippen LogP contribution >= 0.6 is 68.0 Å². The van der Waals surface area contributed by atoms with Crippen molar-refractivity contribution in [2.24, 2.45) is 5.92 Å². The molecule has 1 unspecified atom stereocenters. The molecule has 0 radical (unpaired) electrons. The number of allylic oxidation sites excluding steroid dienone is 2. The second kappa shape index (κ2) is 29.8. The number of hydrogen-bond donors (Lipinski definition) is 0. The van der Waals surface area contributed by atoms with Crippen molar-refractivity contribution in [1.82, 2.24) is 4.57 Å². The lowest BCUT2D eigenvalue weighted by molar-refractivity contribution is 0.401. The molecule has 0 amide bonds. The van der Waals surface area contributed by atoms with Gasteiger partial charge in [-0.25, -0.2) is 0 Å². The third kappa shape index (κ3) is 14.9. The number of unbranched alkanes of at least 4 members (excludes halogenated alkanes) is 13. The molecule has 7 aromatic rings. The molecule has 7 rings (SSSR count). The van der Waals surface area contributed by atoms with Crippen LogP contribution in [-0.2, 0) is 32.2 Å². The van der Waals surface area contributed by atoms with Crippen molar-refractivity contribution in [3.8, 4) is 63.3 Å². The average Bonchev–Trinajstić information content (AvgIpc) is 4.33. The van der Waals surface area contributed by atoms with Crippen LogP contribution in [0.15, 0.2) is 47.5 Å². The molecule has 7 aromatic heterocycles. The van der Waals surface area contributed by atoms with Gasteiger partial charge in [-0.15, -0.1) is 68.0 Å². The van der Waals surface area contributed by atoms with Gasteiger partial charge < -0.3 is 4.57 Å². The second-order valence-electron chi connectivity index (χ2n) is 20.4. The Kier molecular flexibility index (Phi) is 23.1. The van der Waals surface area contributed by atoms with Gasteiger partial charge in [0.05, 0.1) is 20.4 Å². The number of nitriles is 4. The Hall–Kier alpha value is -4.56. The summed E-state index contributed by atoms with van der Waals surface area (Å²) >= 11 is 11.3. The summed E-state index contributed by atoms with van der Waals surface area (Å²) in [6.45, 7) is 14.7. The minimum atomic E-state index is 0.168. The van der Waals surface area contributed by atoms with Crippen LogP contribution in [0, 0.1) is 51.2 Å². The van der Waals surface area contributed by atoms with Crippen LogP contribution in [0.3, 0.4) is 0 Å². The van der Waals surface area contributed by atoms with Gasteiger partial charge in [0.2, 0.25) is 0 Å². The van der Waals surface area contributed by atoms with E-state index in [1.165, 1.54) is 178 Å². The van der Waals surface area contributed by atoms with E-state index in [1.54, 1.807) is 22.7 Å². The van der Waals surface area contributed by atoms with Crippen molar-refractivity contribution in [3.05, 3.63) is 79.6 Å². The van der Waals surface area contributed by atoms with Gasteiger partial charge in [-0.05, 0) is 135 Å². The first-order valence-corrected chi connectivity index (χ1v) is 33.3. The van der Waals surface area contributed by atoms with Crippen LogP contribution in [0.4, 0.5) is 0 Å². The highest BCUT2D eigenvalue weighted by Gasteiger charge is 2.25. The zero-order valence-corrected chi connectivity index (χ0v) is 50.5. The molecule has 0 N–H and O–H groups in total. The maximum Gasteiger partial charge on any atom is 0.131 e. The average molecular weight is 1110 g/mol. The lowest BCUT2D eigenvalue weighted by Crippen LogP contribution is -2.09. The summed E-state index contributed by atoms with van der Waals surface area (Å²) in [5, 5.41) is 39.1. The summed E-state index contributed by atoms with van der Waals surface area (Å²) in [5.41, 5.74) is 8.41. The molecule has 0 saturated carbocycles. The third-order valence-corrected chi connectivity index (χ3v) is 22.4. The number of aryl methyl sites for hydroxylation is 4. The molecule has 0 spiro atoms. The zero-order valence-electron chi connectivity index (χ0n) is 45.6. The molecule has 0 aromatic carbocycles. The lowest BCUT2D eigenvalue weighted by atomic mass is 9.99. The Balaban J connectivity index is 1.34. The van der Waals surface area contributed by atoms with Crippen molar-refractivity contribution < 1.29 is 0 Å². The molecule has 0 aliphatic carbocycles. The van der Waals surface area contributed by atoms with Crippen molar-refractivity contribution in [1.29, 1.82) is 21.0 Å². The maximum atomic E-state index is 9.78. The van der Waals surface area contributed by atoms with E-state index >= 15 is 0 Å². The van der Waals surface area contributed by atoms with Gasteiger partial charge >= 0.3 is 0 Å². The predicted molar refractivity (Wildman–Crippen MR) is 332 cm³/mol. The molecular weight excluding hydrogens is 1030 g/mol. The Morgan fingerprint density at radius 1 is 0.427 bits per heavy atom. The quantitative estimate of drug-likeness (QED) is 0.0310. The molecule has 11 heteroatoms. The van der Waals surface area contributed by atoms with Gasteiger partial charge in [-0.3, -0.25) is 0 Å². The van der Waals surface area contributed by atoms with E-state index in [1.807, 2.05) is 57.5 Å². The fourth-order valence-corrected chi connectivity index (χ4v) is 17.9. The molecule has 7 heterocycles. The highest BCUT2D eigenvalue weighted by atomic mass is 32.1. The summed E-state index contributed by atoms with van der Waals surface area (Å²) in [7, 11) is 0. The molecule has 0 bridgehead atoms. The molecule has 0 saturated heterocycles. The molecule has 0 aliphatic rings. The Morgan fingerprint density at radius 2 is 0.787 bits per heavy atom. The number of rotatable bonds is 32. The summed E-state index contributed by atoms with van der Waals surface area (Å²) in [5.74, 6) is 0.600. The van der Waals surface area contributed by atoms with E-state index in [0.29, 0.717) is 5.92 Å².